The Balaban J connectivity index is 2.67. The molecule has 0 saturated heterocycles. The summed E-state index contributed by atoms with van der Waals surface area (Å²) in [6.07, 6.45) is 1.66. The first-order valence-corrected chi connectivity index (χ1v) is 4.22. The second-order valence-corrected chi connectivity index (χ2v) is 3.47. The Morgan fingerprint density at radius 1 is 1.46 bits per heavy atom. The van der Waals surface area contributed by atoms with Crippen molar-refractivity contribution in [2.45, 2.75) is 12.8 Å². The summed E-state index contributed by atoms with van der Waals surface area (Å²) in [5.74, 6) is -1.73. The SMILES string of the molecule is CN(C)C(=O)C(C#N)C(=O)C1CC1. The van der Waals surface area contributed by atoms with E-state index in [1.165, 1.54) is 4.90 Å². The molecule has 0 aromatic rings. The molecule has 1 fully saturated rings. The van der Waals surface area contributed by atoms with Crippen LogP contribution >= 0.6 is 0 Å². The number of hydrogen-bond donors (Lipinski definition) is 0. The first-order chi connectivity index (χ1) is 6.07. The number of ketones is 1. The summed E-state index contributed by atoms with van der Waals surface area (Å²) >= 11 is 0. The fourth-order valence-corrected chi connectivity index (χ4v) is 1.10. The molecular weight excluding hydrogens is 168 g/mol. The van der Waals surface area contributed by atoms with E-state index in [2.05, 4.69) is 0 Å². The highest BCUT2D eigenvalue weighted by atomic mass is 16.2. The monoisotopic (exact) mass is 180 g/mol. The number of nitrogens with zero attached hydrogens (tertiary/aromatic N) is 2. The zero-order valence-electron chi connectivity index (χ0n) is 7.78. The summed E-state index contributed by atoms with van der Waals surface area (Å²) in [5.41, 5.74) is 0. The zero-order valence-corrected chi connectivity index (χ0v) is 7.78. The normalized spacial score (nSPS) is 17.3. The van der Waals surface area contributed by atoms with Crippen LogP contribution in [0.5, 0.6) is 0 Å². The second-order valence-electron chi connectivity index (χ2n) is 3.47. The maximum Gasteiger partial charge on any atom is 0.247 e. The summed E-state index contributed by atoms with van der Waals surface area (Å²) < 4.78 is 0. The number of Topliss-reactive ketones (excluding diaryl/α,β-unsaturated/α-hetero) is 1. The average Bonchev–Trinajstić information content (AvgIpc) is 2.87. The Bertz CT molecular complexity index is 260. The third-order valence-corrected chi connectivity index (χ3v) is 2.08. The van der Waals surface area contributed by atoms with Gasteiger partial charge in [-0.05, 0) is 12.8 Å². The highest BCUT2D eigenvalue weighted by molar-refractivity contribution is 6.05. The van der Waals surface area contributed by atoms with Gasteiger partial charge in [0, 0.05) is 20.0 Å². The van der Waals surface area contributed by atoms with Crippen LogP contribution in [0, 0.1) is 23.2 Å². The Morgan fingerprint density at radius 3 is 2.31 bits per heavy atom. The van der Waals surface area contributed by atoms with E-state index in [0.29, 0.717) is 0 Å². The highest BCUT2D eigenvalue weighted by Gasteiger charge is 2.38. The molecule has 0 bridgehead atoms. The van der Waals surface area contributed by atoms with Crippen molar-refractivity contribution in [3.8, 4) is 6.07 Å². The number of hydrogen-bond acceptors (Lipinski definition) is 3. The van der Waals surface area contributed by atoms with Crippen LogP contribution in [0.15, 0.2) is 0 Å². The molecule has 4 nitrogen and oxygen atoms in total. The van der Waals surface area contributed by atoms with Crippen molar-refractivity contribution in [1.29, 1.82) is 5.26 Å². The van der Waals surface area contributed by atoms with Crippen molar-refractivity contribution in [2.24, 2.45) is 11.8 Å². The summed E-state index contributed by atoms with van der Waals surface area (Å²) in [6.45, 7) is 0. The van der Waals surface area contributed by atoms with E-state index in [0.717, 1.165) is 12.8 Å². The first-order valence-electron chi connectivity index (χ1n) is 4.22. The van der Waals surface area contributed by atoms with Crippen molar-refractivity contribution in [1.82, 2.24) is 4.90 Å². The van der Waals surface area contributed by atoms with Crippen molar-refractivity contribution in [3.63, 3.8) is 0 Å². The third kappa shape index (κ3) is 2.05. The molecule has 4 heteroatoms. The van der Waals surface area contributed by atoms with Crippen molar-refractivity contribution in [3.05, 3.63) is 0 Å². The van der Waals surface area contributed by atoms with E-state index < -0.39 is 11.8 Å². The molecule has 1 aliphatic rings. The number of rotatable bonds is 3. The summed E-state index contributed by atoms with van der Waals surface area (Å²) in [6, 6.07) is 1.76. The van der Waals surface area contributed by atoms with Gasteiger partial charge in [-0.15, -0.1) is 0 Å². The predicted molar refractivity (Wildman–Crippen MR) is 45.5 cm³/mol. The molecule has 1 saturated carbocycles. The van der Waals surface area contributed by atoms with Crippen LogP contribution in [-0.2, 0) is 9.59 Å². The maximum atomic E-state index is 11.4. The zero-order chi connectivity index (χ0) is 10.0. The average molecular weight is 180 g/mol. The molecule has 0 aromatic heterocycles. The van der Waals surface area contributed by atoms with E-state index >= 15 is 0 Å². The number of carbonyl (C=O) groups is 2. The molecule has 1 unspecified atom stereocenters. The van der Waals surface area contributed by atoms with Gasteiger partial charge in [0.05, 0.1) is 6.07 Å². The predicted octanol–water partition coefficient (Wildman–Crippen LogP) is 0.193. The topological polar surface area (TPSA) is 61.2 Å². The van der Waals surface area contributed by atoms with E-state index in [1.54, 1.807) is 20.2 Å². The Hall–Kier alpha value is -1.37. The van der Waals surface area contributed by atoms with Crippen LogP contribution in [-0.4, -0.2) is 30.7 Å². The third-order valence-electron chi connectivity index (χ3n) is 2.08. The van der Waals surface area contributed by atoms with Gasteiger partial charge in [-0.25, -0.2) is 0 Å². The standard InChI is InChI=1S/C9H12N2O2/c1-11(2)9(13)7(5-10)8(12)6-3-4-6/h6-7H,3-4H2,1-2H3. The number of nitriles is 1. The van der Waals surface area contributed by atoms with Gasteiger partial charge in [0.15, 0.2) is 11.7 Å². The number of carbonyl (C=O) groups excluding carboxylic acids is 2. The minimum atomic E-state index is -1.08. The molecule has 0 spiro atoms. The lowest BCUT2D eigenvalue weighted by Crippen LogP contribution is -2.34. The fraction of sp³-hybridized carbons (Fsp3) is 0.667. The molecule has 13 heavy (non-hydrogen) atoms. The first kappa shape index (κ1) is 9.72. The number of amides is 1. The lowest BCUT2D eigenvalue weighted by molar-refractivity contribution is -0.137. The molecular formula is C9H12N2O2. The Kier molecular flexibility index (Phi) is 2.66. The smallest absolute Gasteiger partial charge is 0.247 e. The van der Waals surface area contributed by atoms with Crippen LogP contribution in [0.25, 0.3) is 0 Å². The van der Waals surface area contributed by atoms with Crippen LogP contribution in [0.1, 0.15) is 12.8 Å². The summed E-state index contributed by atoms with van der Waals surface area (Å²) in [7, 11) is 3.10. The molecule has 1 amide bonds. The van der Waals surface area contributed by atoms with E-state index in [-0.39, 0.29) is 11.7 Å². The molecule has 1 aliphatic carbocycles. The van der Waals surface area contributed by atoms with Gasteiger partial charge in [0.25, 0.3) is 0 Å². The molecule has 1 rings (SSSR count). The second kappa shape index (κ2) is 3.56. The van der Waals surface area contributed by atoms with Gasteiger partial charge in [-0.2, -0.15) is 5.26 Å². The van der Waals surface area contributed by atoms with Crippen molar-refractivity contribution in [2.75, 3.05) is 14.1 Å². The lowest BCUT2D eigenvalue weighted by atomic mass is 10.0. The van der Waals surface area contributed by atoms with Gasteiger partial charge in [-0.1, -0.05) is 0 Å². The van der Waals surface area contributed by atoms with Gasteiger partial charge in [-0.3, -0.25) is 9.59 Å². The van der Waals surface area contributed by atoms with Crippen molar-refractivity contribution >= 4 is 11.7 Å². The minimum Gasteiger partial charge on any atom is -0.347 e. The Morgan fingerprint density at radius 2 is 2.00 bits per heavy atom. The van der Waals surface area contributed by atoms with Crippen LogP contribution in [0.4, 0.5) is 0 Å². The summed E-state index contributed by atoms with van der Waals surface area (Å²) in [5, 5.41) is 8.67. The molecule has 0 N–H and O–H groups in total. The Labute approximate surface area is 77.1 Å². The molecule has 1 atom stereocenters. The minimum absolute atomic E-state index is 0.0338. The summed E-state index contributed by atoms with van der Waals surface area (Å²) in [4.78, 5) is 24.0. The quantitative estimate of drug-likeness (QED) is 0.582. The maximum absolute atomic E-state index is 11.4. The van der Waals surface area contributed by atoms with E-state index in [4.69, 9.17) is 5.26 Å². The fourth-order valence-electron chi connectivity index (χ4n) is 1.10. The van der Waals surface area contributed by atoms with Gasteiger partial charge in [0.2, 0.25) is 5.91 Å². The molecule has 0 radical (unpaired) electrons. The van der Waals surface area contributed by atoms with Crippen molar-refractivity contribution < 1.29 is 9.59 Å². The van der Waals surface area contributed by atoms with Crippen LogP contribution < -0.4 is 0 Å². The van der Waals surface area contributed by atoms with Gasteiger partial charge < -0.3 is 4.90 Å². The molecule has 0 aliphatic heterocycles. The largest absolute Gasteiger partial charge is 0.347 e. The van der Waals surface area contributed by atoms with Crippen LogP contribution in [0.2, 0.25) is 0 Å². The lowest BCUT2D eigenvalue weighted by Gasteiger charge is -2.13. The molecule has 0 heterocycles. The van der Waals surface area contributed by atoms with E-state index in [1.807, 2.05) is 0 Å². The molecule has 0 aromatic carbocycles. The van der Waals surface area contributed by atoms with E-state index in [9.17, 15) is 9.59 Å². The van der Waals surface area contributed by atoms with Crippen LogP contribution in [0.3, 0.4) is 0 Å². The van der Waals surface area contributed by atoms with Gasteiger partial charge >= 0.3 is 0 Å². The van der Waals surface area contributed by atoms with Gasteiger partial charge in [0.1, 0.15) is 0 Å². The molecule has 70 valence electrons. The highest BCUT2D eigenvalue weighted by Crippen LogP contribution is 2.32.